The predicted octanol–water partition coefficient (Wildman–Crippen LogP) is 4.18. The second-order valence-electron chi connectivity index (χ2n) is 6.43. The Balaban J connectivity index is 2.84. The molecule has 116 valence electrons. The molecule has 1 heterocycles. The van der Waals surface area contributed by atoms with Crippen LogP contribution in [0.2, 0.25) is 0 Å². The number of hydrogen-bond acceptors (Lipinski definition) is 4. The summed E-state index contributed by atoms with van der Waals surface area (Å²) in [6.07, 6.45) is 3.82. The third-order valence-electron chi connectivity index (χ3n) is 3.36. The molecule has 0 aliphatic heterocycles. The third-order valence-corrected chi connectivity index (χ3v) is 4.53. The van der Waals surface area contributed by atoms with Crippen LogP contribution in [0, 0.1) is 0 Å². The summed E-state index contributed by atoms with van der Waals surface area (Å²) < 4.78 is 0. The van der Waals surface area contributed by atoms with Crippen LogP contribution in [0.5, 0.6) is 0 Å². The monoisotopic (exact) mass is 297 g/mol. The molecule has 1 rings (SSSR count). The molecular formula is C16H31N3S. The summed E-state index contributed by atoms with van der Waals surface area (Å²) in [4.78, 5) is 8.61. The molecule has 0 saturated heterocycles. The van der Waals surface area contributed by atoms with Crippen molar-refractivity contribution in [2.75, 3.05) is 25.0 Å². The Bertz CT molecular complexity index is 393. The highest BCUT2D eigenvalue weighted by Crippen LogP contribution is 2.33. The molecule has 0 amide bonds. The van der Waals surface area contributed by atoms with Gasteiger partial charge in [0, 0.05) is 30.4 Å². The standard InChI is InChI=1S/C16H31N3S/c1-7-9-10-11-19(6)15-18-14(16(3,4)5)13(20-15)12-17-8-2/h17H,7-12H2,1-6H3. The highest BCUT2D eigenvalue weighted by molar-refractivity contribution is 7.15. The molecule has 1 aromatic rings. The van der Waals surface area contributed by atoms with Crippen molar-refractivity contribution in [2.24, 2.45) is 0 Å². The summed E-state index contributed by atoms with van der Waals surface area (Å²) in [5.41, 5.74) is 1.37. The van der Waals surface area contributed by atoms with Crippen molar-refractivity contribution in [1.82, 2.24) is 10.3 Å². The summed E-state index contributed by atoms with van der Waals surface area (Å²) in [7, 11) is 2.16. The van der Waals surface area contributed by atoms with Crippen LogP contribution in [0.4, 0.5) is 5.13 Å². The largest absolute Gasteiger partial charge is 0.351 e. The zero-order valence-corrected chi connectivity index (χ0v) is 14.9. The fourth-order valence-corrected chi connectivity index (χ4v) is 3.37. The molecule has 0 fully saturated rings. The molecule has 0 saturated carbocycles. The first-order valence-corrected chi connectivity index (χ1v) is 8.63. The molecule has 0 bridgehead atoms. The topological polar surface area (TPSA) is 28.2 Å². The number of anilines is 1. The van der Waals surface area contributed by atoms with Crippen LogP contribution >= 0.6 is 11.3 Å². The van der Waals surface area contributed by atoms with E-state index in [2.05, 4.69) is 51.9 Å². The third kappa shape index (κ3) is 5.06. The highest BCUT2D eigenvalue weighted by atomic mass is 32.1. The van der Waals surface area contributed by atoms with Crippen LogP contribution in [-0.4, -0.2) is 25.1 Å². The van der Waals surface area contributed by atoms with Gasteiger partial charge in [0.05, 0.1) is 5.69 Å². The molecule has 0 spiro atoms. The zero-order valence-electron chi connectivity index (χ0n) is 14.0. The van der Waals surface area contributed by atoms with Gasteiger partial charge < -0.3 is 10.2 Å². The van der Waals surface area contributed by atoms with E-state index in [0.717, 1.165) is 19.6 Å². The Morgan fingerprint density at radius 3 is 2.45 bits per heavy atom. The quantitative estimate of drug-likeness (QED) is 0.730. The molecule has 0 aliphatic carbocycles. The summed E-state index contributed by atoms with van der Waals surface area (Å²) in [6.45, 7) is 14.2. The summed E-state index contributed by atoms with van der Waals surface area (Å²) in [6, 6.07) is 0. The van der Waals surface area contributed by atoms with E-state index in [1.807, 2.05) is 11.3 Å². The van der Waals surface area contributed by atoms with Gasteiger partial charge in [0.15, 0.2) is 5.13 Å². The van der Waals surface area contributed by atoms with Crippen molar-refractivity contribution in [3.05, 3.63) is 10.6 Å². The fourth-order valence-electron chi connectivity index (χ4n) is 2.14. The Labute approximate surface area is 128 Å². The fraction of sp³-hybridized carbons (Fsp3) is 0.812. The van der Waals surface area contributed by atoms with Gasteiger partial charge in [-0.3, -0.25) is 0 Å². The lowest BCUT2D eigenvalue weighted by Gasteiger charge is -2.18. The molecule has 4 heteroatoms. The first-order valence-electron chi connectivity index (χ1n) is 7.82. The van der Waals surface area contributed by atoms with Gasteiger partial charge in [-0.1, -0.05) is 47.5 Å². The van der Waals surface area contributed by atoms with Crippen molar-refractivity contribution >= 4 is 16.5 Å². The van der Waals surface area contributed by atoms with Gasteiger partial charge in [0.2, 0.25) is 0 Å². The second kappa shape index (κ2) is 7.99. The average molecular weight is 298 g/mol. The Kier molecular flexibility index (Phi) is 6.96. The van der Waals surface area contributed by atoms with E-state index >= 15 is 0 Å². The molecule has 1 aromatic heterocycles. The molecule has 1 N–H and O–H groups in total. The minimum Gasteiger partial charge on any atom is -0.351 e. The van der Waals surface area contributed by atoms with Gasteiger partial charge in [-0.15, -0.1) is 11.3 Å². The maximum Gasteiger partial charge on any atom is 0.185 e. The van der Waals surface area contributed by atoms with Crippen LogP contribution < -0.4 is 10.2 Å². The molecule has 0 aliphatic rings. The molecule has 0 unspecified atom stereocenters. The van der Waals surface area contributed by atoms with Crippen molar-refractivity contribution in [1.29, 1.82) is 0 Å². The average Bonchev–Trinajstić information content (AvgIpc) is 2.80. The van der Waals surface area contributed by atoms with Crippen molar-refractivity contribution in [3.63, 3.8) is 0 Å². The molecule has 20 heavy (non-hydrogen) atoms. The van der Waals surface area contributed by atoms with Crippen LogP contribution in [-0.2, 0) is 12.0 Å². The van der Waals surface area contributed by atoms with Crippen LogP contribution in [0.15, 0.2) is 0 Å². The maximum absolute atomic E-state index is 4.92. The van der Waals surface area contributed by atoms with E-state index in [1.54, 1.807) is 0 Å². The number of rotatable bonds is 8. The normalized spacial score (nSPS) is 11.9. The van der Waals surface area contributed by atoms with E-state index in [0.29, 0.717) is 0 Å². The SMILES string of the molecule is CCCCCN(C)c1nc(C(C)(C)C)c(CNCC)s1. The number of unbranched alkanes of at least 4 members (excludes halogenated alkanes) is 2. The molecule has 0 aromatic carbocycles. The van der Waals surface area contributed by atoms with Crippen molar-refractivity contribution in [2.45, 2.75) is 65.8 Å². The van der Waals surface area contributed by atoms with Gasteiger partial charge in [0.1, 0.15) is 0 Å². The number of hydrogen-bond donors (Lipinski definition) is 1. The lowest BCUT2D eigenvalue weighted by molar-refractivity contribution is 0.560. The van der Waals surface area contributed by atoms with Crippen LogP contribution in [0.25, 0.3) is 0 Å². The van der Waals surface area contributed by atoms with E-state index in [4.69, 9.17) is 4.98 Å². The van der Waals surface area contributed by atoms with E-state index in [9.17, 15) is 0 Å². The smallest absolute Gasteiger partial charge is 0.185 e. The predicted molar refractivity (Wildman–Crippen MR) is 91.0 cm³/mol. The number of aromatic nitrogens is 1. The van der Waals surface area contributed by atoms with E-state index in [1.165, 1.54) is 35.0 Å². The van der Waals surface area contributed by atoms with Gasteiger partial charge in [0.25, 0.3) is 0 Å². The molecule has 3 nitrogen and oxygen atoms in total. The summed E-state index contributed by atoms with van der Waals surface area (Å²) >= 11 is 1.84. The second-order valence-corrected chi connectivity index (χ2v) is 7.49. The van der Waals surface area contributed by atoms with Crippen molar-refractivity contribution < 1.29 is 0 Å². The number of nitrogens with one attached hydrogen (secondary N) is 1. The minimum atomic E-state index is 0.115. The first-order chi connectivity index (χ1) is 9.40. The van der Waals surface area contributed by atoms with Crippen molar-refractivity contribution in [3.8, 4) is 0 Å². The minimum absolute atomic E-state index is 0.115. The highest BCUT2D eigenvalue weighted by Gasteiger charge is 2.23. The lowest BCUT2D eigenvalue weighted by Crippen LogP contribution is -2.20. The Hall–Kier alpha value is -0.610. The number of thiazole rings is 1. The number of nitrogens with zero attached hydrogens (tertiary/aromatic N) is 2. The maximum atomic E-state index is 4.92. The van der Waals surface area contributed by atoms with Gasteiger partial charge >= 0.3 is 0 Å². The van der Waals surface area contributed by atoms with Gasteiger partial charge in [-0.25, -0.2) is 4.98 Å². The zero-order chi connectivity index (χ0) is 15.2. The van der Waals surface area contributed by atoms with Crippen LogP contribution in [0.3, 0.4) is 0 Å². The van der Waals surface area contributed by atoms with E-state index in [-0.39, 0.29) is 5.41 Å². The van der Waals surface area contributed by atoms with Crippen LogP contribution in [0.1, 0.15) is 64.5 Å². The summed E-state index contributed by atoms with van der Waals surface area (Å²) in [5, 5.41) is 4.60. The van der Waals surface area contributed by atoms with Gasteiger partial charge in [-0.2, -0.15) is 0 Å². The Morgan fingerprint density at radius 2 is 1.90 bits per heavy atom. The molecular weight excluding hydrogens is 266 g/mol. The Morgan fingerprint density at radius 1 is 1.20 bits per heavy atom. The van der Waals surface area contributed by atoms with E-state index < -0.39 is 0 Å². The summed E-state index contributed by atoms with van der Waals surface area (Å²) in [5.74, 6) is 0. The molecule has 0 radical (unpaired) electrons. The molecule has 0 atom stereocenters. The first kappa shape index (κ1) is 17.4. The van der Waals surface area contributed by atoms with Gasteiger partial charge in [-0.05, 0) is 13.0 Å². The lowest BCUT2D eigenvalue weighted by atomic mass is 9.91.